The van der Waals surface area contributed by atoms with Crippen LogP contribution in [0.1, 0.15) is 78.1 Å². The average molecular weight is 530 g/mol. The van der Waals surface area contributed by atoms with Gasteiger partial charge in [0.1, 0.15) is 11.7 Å². The Hall–Kier alpha value is -1.79. The van der Waals surface area contributed by atoms with Crippen molar-refractivity contribution in [2.45, 2.75) is 102 Å². The third kappa shape index (κ3) is 11.6. The molecule has 0 saturated heterocycles. The summed E-state index contributed by atoms with van der Waals surface area (Å²) in [7, 11) is 4.41. The van der Waals surface area contributed by atoms with E-state index in [0.29, 0.717) is 43.4 Å². The summed E-state index contributed by atoms with van der Waals surface area (Å²) in [5, 5.41) is 43.6. The third-order valence-corrected chi connectivity index (χ3v) is 7.32. The van der Waals surface area contributed by atoms with Gasteiger partial charge in [-0.3, -0.25) is 14.6 Å². The molecule has 1 aliphatic carbocycles. The van der Waals surface area contributed by atoms with E-state index in [9.17, 15) is 30.0 Å². The molecule has 0 aromatic rings. The number of nitrogens with two attached hydrogens (primary N) is 2. The van der Waals surface area contributed by atoms with E-state index in [1.54, 1.807) is 0 Å². The number of guanidine groups is 1. The zero-order valence-electron chi connectivity index (χ0n) is 22.8. The first kappa shape index (κ1) is 33.2. The normalized spacial score (nSPS) is 24.9. The molecule has 0 aromatic carbocycles. The van der Waals surface area contributed by atoms with Gasteiger partial charge in [-0.05, 0) is 25.7 Å². The maximum absolute atomic E-state index is 13.2. The van der Waals surface area contributed by atoms with Crippen molar-refractivity contribution >= 4 is 17.6 Å². The lowest BCUT2D eigenvalue weighted by molar-refractivity contribution is -0.885. The summed E-state index contributed by atoms with van der Waals surface area (Å²) in [5.41, 5.74) is 8.70. The number of ketones is 1. The van der Waals surface area contributed by atoms with Crippen LogP contribution in [-0.4, -0.2) is 99.2 Å². The second kappa shape index (κ2) is 16.2. The number of nitrogens with one attached hydrogen (secondary N) is 1. The van der Waals surface area contributed by atoms with Crippen molar-refractivity contribution in [2.75, 3.05) is 32.7 Å². The Kier molecular flexibility index (Phi) is 14.6. The van der Waals surface area contributed by atoms with Gasteiger partial charge in [-0.25, -0.2) is 0 Å². The van der Waals surface area contributed by atoms with E-state index in [1.165, 1.54) is 0 Å². The van der Waals surface area contributed by atoms with Crippen molar-refractivity contribution in [3.63, 3.8) is 0 Å². The second-order valence-electron chi connectivity index (χ2n) is 10.7. The number of hydrogen-bond donors (Lipinski definition) is 7. The first-order valence-electron chi connectivity index (χ1n) is 13.7. The molecule has 3 atom stereocenters. The van der Waals surface area contributed by atoms with Gasteiger partial charge in [0, 0.05) is 31.7 Å². The van der Waals surface area contributed by atoms with E-state index in [0.717, 1.165) is 38.8 Å². The molecule has 11 nitrogen and oxygen atoms in total. The predicted molar refractivity (Wildman–Crippen MR) is 143 cm³/mol. The summed E-state index contributed by atoms with van der Waals surface area (Å²) in [6.07, 6.45) is 0.540. The van der Waals surface area contributed by atoms with Gasteiger partial charge in [0.05, 0.1) is 38.4 Å². The summed E-state index contributed by atoms with van der Waals surface area (Å²) in [4.78, 5) is 30.2. The van der Waals surface area contributed by atoms with E-state index in [4.69, 9.17) is 11.5 Å². The zero-order valence-corrected chi connectivity index (χ0v) is 22.8. The molecule has 1 rings (SSSR count). The molecule has 1 saturated carbocycles. The van der Waals surface area contributed by atoms with Crippen molar-refractivity contribution in [1.82, 2.24) is 5.32 Å². The van der Waals surface area contributed by atoms with Crippen molar-refractivity contribution < 1.29 is 34.5 Å². The lowest BCUT2D eigenvalue weighted by Crippen LogP contribution is -2.56. The fourth-order valence-electron chi connectivity index (χ4n) is 4.83. The van der Waals surface area contributed by atoms with Gasteiger partial charge in [0.2, 0.25) is 5.91 Å². The summed E-state index contributed by atoms with van der Waals surface area (Å²) in [6.45, 7) is 7.64. The highest BCUT2D eigenvalue weighted by Crippen LogP contribution is 2.32. The smallest absolute Gasteiger partial charge is 0.223 e. The van der Waals surface area contributed by atoms with E-state index in [2.05, 4.69) is 31.2 Å². The van der Waals surface area contributed by atoms with Crippen LogP contribution in [-0.2, 0) is 9.59 Å². The Labute approximate surface area is 221 Å². The van der Waals surface area contributed by atoms with E-state index >= 15 is 0 Å². The van der Waals surface area contributed by atoms with Crippen LogP contribution in [0.4, 0.5) is 0 Å². The van der Waals surface area contributed by atoms with Crippen molar-refractivity contribution in [3.8, 4) is 0 Å². The van der Waals surface area contributed by atoms with Gasteiger partial charge in [0.15, 0.2) is 11.7 Å². The number of carbonyl (C=O) groups is 2. The van der Waals surface area contributed by atoms with Crippen LogP contribution in [0.25, 0.3) is 0 Å². The quantitative estimate of drug-likeness (QED) is 0.0422. The number of nitrogens with zero attached hydrogens (tertiary/aromatic N) is 2. The molecule has 1 fully saturated rings. The number of carbonyl (C=O) groups excluding carboxylic acids is 2. The highest BCUT2D eigenvalue weighted by Gasteiger charge is 2.48. The fourth-order valence-corrected chi connectivity index (χ4v) is 4.83. The summed E-state index contributed by atoms with van der Waals surface area (Å²) in [6, 6.07) is 0. The highest BCUT2D eigenvalue weighted by molar-refractivity contribution is 5.92. The maximum Gasteiger partial charge on any atom is 0.223 e. The van der Waals surface area contributed by atoms with E-state index in [-0.39, 0.29) is 31.1 Å². The predicted octanol–water partition coefficient (Wildman–Crippen LogP) is -0.0621. The fraction of sp³-hybridized carbons (Fsp3) is 0.846. The van der Waals surface area contributed by atoms with Crippen LogP contribution < -0.4 is 16.8 Å². The molecule has 1 aliphatic rings. The molecule has 0 unspecified atom stereocenters. The third-order valence-electron chi connectivity index (χ3n) is 7.32. The number of unbranched alkanes of at least 4 members (excludes halogenated alkanes) is 3. The largest absolute Gasteiger partial charge is 0.455 e. The van der Waals surface area contributed by atoms with E-state index in [1.807, 2.05) is 0 Å². The second-order valence-corrected chi connectivity index (χ2v) is 10.7. The van der Waals surface area contributed by atoms with Gasteiger partial charge < -0.3 is 41.7 Å². The van der Waals surface area contributed by atoms with E-state index < -0.39 is 35.6 Å². The number of Topliss-reactive ketones (excluding diaryl/α,β-unsaturated/α-hetero) is 1. The Morgan fingerprint density at radius 2 is 1.59 bits per heavy atom. The maximum atomic E-state index is 13.2. The summed E-state index contributed by atoms with van der Waals surface area (Å²) < 4.78 is 0.627. The Morgan fingerprint density at radius 1 is 1.03 bits per heavy atom. The lowest BCUT2D eigenvalue weighted by Gasteiger charge is -2.43. The topological polar surface area (TPSA) is 191 Å². The summed E-state index contributed by atoms with van der Waals surface area (Å²) >= 11 is 0. The number of rotatable bonds is 18. The van der Waals surface area contributed by atoms with Crippen LogP contribution >= 0.6 is 0 Å². The minimum atomic E-state index is -2.01. The van der Waals surface area contributed by atoms with Crippen molar-refractivity contribution in [1.29, 1.82) is 0 Å². The van der Waals surface area contributed by atoms with Gasteiger partial charge in [-0.2, -0.15) is 0 Å². The molecular weight excluding hydrogens is 478 g/mol. The molecule has 0 aliphatic heterocycles. The molecule has 0 radical (unpaired) electrons. The van der Waals surface area contributed by atoms with Crippen LogP contribution in [0.5, 0.6) is 0 Å². The number of amides is 1. The highest BCUT2D eigenvalue weighted by atomic mass is 16.4. The van der Waals surface area contributed by atoms with Crippen LogP contribution in [0.3, 0.4) is 0 Å². The zero-order chi connectivity index (χ0) is 28.1. The lowest BCUT2D eigenvalue weighted by atomic mass is 9.75. The minimum absolute atomic E-state index is 0.00998. The Bertz CT molecular complexity index is 710. The first-order valence-corrected chi connectivity index (χ1v) is 13.7. The van der Waals surface area contributed by atoms with Crippen molar-refractivity contribution in [2.24, 2.45) is 22.4 Å². The standard InChI is InChI=1S/C26H51N5O6/c1-4-6-13-31(3,14-7-5-2)15-12-29-24(36)19(10-8-9-11-30-25(27)28)16-22(34)26(37)17-20(32)23(35)21(33)18-26/h19-21,23,32-33,35,37H,3-18H2,1-2H3,(H,29,36)(H4,27,28,30)/t19-,20-,21-,23?,26?/m1/s1. The van der Waals surface area contributed by atoms with Crippen LogP contribution in [0.15, 0.2) is 4.99 Å². The number of hydrogen-bond acceptors (Lipinski definition) is 7. The van der Waals surface area contributed by atoms with Gasteiger partial charge in [0.25, 0.3) is 0 Å². The molecule has 11 heteroatoms. The monoisotopic (exact) mass is 529 g/mol. The molecule has 216 valence electrons. The average Bonchev–Trinajstić information content (AvgIpc) is 2.83. The molecular formula is C26H51N5O6. The number of aliphatic hydroxyl groups is 4. The molecule has 0 bridgehead atoms. The van der Waals surface area contributed by atoms with Crippen LogP contribution in [0.2, 0.25) is 0 Å². The molecule has 37 heavy (non-hydrogen) atoms. The minimum Gasteiger partial charge on any atom is -0.455 e. The van der Waals surface area contributed by atoms with Gasteiger partial charge >= 0.3 is 0 Å². The first-order chi connectivity index (χ1) is 17.4. The molecule has 0 aromatic heterocycles. The van der Waals surface area contributed by atoms with Gasteiger partial charge in [-0.1, -0.05) is 33.1 Å². The van der Waals surface area contributed by atoms with Crippen molar-refractivity contribution in [3.05, 3.63) is 7.05 Å². The summed E-state index contributed by atoms with van der Waals surface area (Å²) in [5.74, 6) is -1.62. The number of aliphatic imine (C=N–C) groups is 1. The molecule has 1 amide bonds. The number of aliphatic hydroxyl groups excluding tert-OH is 3. The Balaban J connectivity index is 2.84. The molecule has 9 N–H and O–H groups in total. The molecule has 0 heterocycles. The Morgan fingerprint density at radius 3 is 2.11 bits per heavy atom. The van der Waals surface area contributed by atoms with Gasteiger partial charge in [-0.15, -0.1) is 7.05 Å². The SMILES string of the molecule is [CH2-][N+](CCCC)(CCCC)CCNC(=O)[C@H](CCCCN=C(N)N)CC(=O)C1(O)C[C@@H](O)C(O)[C@H](O)C1. The number of quaternary nitrogens is 1. The molecule has 0 spiro atoms. The van der Waals surface area contributed by atoms with Crippen LogP contribution in [0, 0.1) is 13.0 Å².